The molecule has 0 radical (unpaired) electrons. The van der Waals surface area contributed by atoms with Gasteiger partial charge in [0.2, 0.25) is 5.91 Å². The lowest BCUT2D eigenvalue weighted by Gasteiger charge is -2.32. The number of amides is 1. The minimum atomic E-state index is -0.245. The Bertz CT molecular complexity index is 976. The summed E-state index contributed by atoms with van der Waals surface area (Å²) in [5.74, 6) is 0.988. The fraction of sp³-hybridized carbons (Fsp3) is 0.368. The van der Waals surface area contributed by atoms with E-state index < -0.39 is 0 Å². The summed E-state index contributed by atoms with van der Waals surface area (Å²) in [4.78, 5) is 33.3. The molecule has 3 aromatic rings. The average molecular weight is 383 g/mol. The quantitative estimate of drug-likeness (QED) is 0.520. The van der Waals surface area contributed by atoms with Crippen LogP contribution in [-0.2, 0) is 11.2 Å². The molecule has 0 bridgehead atoms. The lowest BCUT2D eigenvalue weighted by molar-refractivity contribution is -0.129. The molecule has 2 aromatic heterocycles. The molecule has 2 N–H and O–H groups in total. The summed E-state index contributed by atoms with van der Waals surface area (Å²) in [6, 6.07) is 10.5. The largest absolute Gasteiger partial charge is 0.342 e. The Labute approximate surface area is 160 Å². The molecule has 0 atom stereocenters. The van der Waals surface area contributed by atoms with Crippen LogP contribution in [0.3, 0.4) is 0 Å². The number of aromatic amines is 2. The third kappa shape index (κ3) is 4.21. The van der Waals surface area contributed by atoms with Gasteiger partial charge in [0, 0.05) is 13.1 Å². The summed E-state index contributed by atoms with van der Waals surface area (Å²) >= 11 is 1.25. The monoisotopic (exact) mass is 383 g/mol. The molecule has 1 amide bonds. The number of H-pyrrole nitrogens is 2. The number of aromatic nitrogens is 4. The molecule has 1 aromatic carbocycles. The van der Waals surface area contributed by atoms with Gasteiger partial charge in [-0.15, -0.1) is 0 Å². The van der Waals surface area contributed by atoms with Crippen LogP contribution in [0.4, 0.5) is 0 Å². The van der Waals surface area contributed by atoms with E-state index in [1.54, 1.807) is 0 Å². The molecule has 4 rings (SSSR count). The van der Waals surface area contributed by atoms with Gasteiger partial charge in [-0.25, -0.2) is 4.98 Å². The zero-order valence-electron chi connectivity index (χ0n) is 14.9. The SMILES string of the molecule is O=C(CSc1nc2[nH]ncc2c(=O)[nH]1)N1CCC(Cc2ccccc2)CC1. The Hall–Kier alpha value is -2.61. The van der Waals surface area contributed by atoms with Gasteiger partial charge in [0.25, 0.3) is 5.56 Å². The van der Waals surface area contributed by atoms with Crippen LogP contribution in [0.25, 0.3) is 11.0 Å². The molecule has 1 aliphatic rings. The predicted molar refractivity (Wildman–Crippen MR) is 105 cm³/mol. The summed E-state index contributed by atoms with van der Waals surface area (Å²) < 4.78 is 0. The van der Waals surface area contributed by atoms with Gasteiger partial charge in [-0.2, -0.15) is 5.10 Å². The predicted octanol–water partition coefficient (Wildman–Crippen LogP) is 2.22. The van der Waals surface area contributed by atoms with Crippen molar-refractivity contribution in [2.24, 2.45) is 5.92 Å². The number of nitrogens with zero attached hydrogens (tertiary/aromatic N) is 3. The number of fused-ring (bicyclic) bond motifs is 1. The van der Waals surface area contributed by atoms with Gasteiger partial charge < -0.3 is 9.88 Å². The number of benzene rings is 1. The first-order valence-corrected chi connectivity index (χ1v) is 10.1. The first-order chi connectivity index (χ1) is 13.2. The zero-order valence-corrected chi connectivity index (χ0v) is 15.7. The minimum absolute atomic E-state index is 0.0884. The number of thioether (sulfide) groups is 1. The average Bonchev–Trinajstić information content (AvgIpc) is 3.17. The van der Waals surface area contributed by atoms with Gasteiger partial charge >= 0.3 is 0 Å². The lowest BCUT2D eigenvalue weighted by Crippen LogP contribution is -2.39. The number of rotatable bonds is 5. The van der Waals surface area contributed by atoms with Gasteiger partial charge in [0.05, 0.1) is 11.9 Å². The van der Waals surface area contributed by atoms with Crippen LogP contribution in [0.15, 0.2) is 46.5 Å². The molecule has 1 fully saturated rings. The van der Waals surface area contributed by atoms with E-state index in [-0.39, 0.29) is 17.2 Å². The van der Waals surface area contributed by atoms with E-state index in [4.69, 9.17) is 0 Å². The summed E-state index contributed by atoms with van der Waals surface area (Å²) in [7, 11) is 0. The summed E-state index contributed by atoms with van der Waals surface area (Å²) in [6.45, 7) is 1.58. The first kappa shape index (κ1) is 17.8. The van der Waals surface area contributed by atoms with Crippen LogP contribution >= 0.6 is 11.8 Å². The van der Waals surface area contributed by atoms with E-state index in [2.05, 4.69) is 44.4 Å². The molecule has 1 aliphatic heterocycles. The van der Waals surface area contributed by atoms with Crippen LogP contribution in [0.5, 0.6) is 0 Å². The van der Waals surface area contributed by atoms with Gasteiger partial charge in [0.15, 0.2) is 10.8 Å². The molecule has 0 aliphatic carbocycles. The second kappa shape index (κ2) is 7.96. The van der Waals surface area contributed by atoms with E-state index >= 15 is 0 Å². The molecule has 140 valence electrons. The molecular formula is C19H21N5O2S. The zero-order chi connectivity index (χ0) is 18.6. The van der Waals surface area contributed by atoms with Gasteiger partial charge in [0.1, 0.15) is 5.39 Å². The molecule has 0 spiro atoms. The number of likely N-dealkylation sites (tertiary alicyclic amines) is 1. The van der Waals surface area contributed by atoms with Crippen molar-refractivity contribution in [2.45, 2.75) is 24.4 Å². The molecule has 3 heterocycles. The van der Waals surface area contributed by atoms with Gasteiger partial charge in [-0.3, -0.25) is 14.7 Å². The maximum absolute atomic E-state index is 12.5. The Morgan fingerprint density at radius 3 is 2.78 bits per heavy atom. The van der Waals surface area contributed by atoms with Crippen molar-refractivity contribution in [3.63, 3.8) is 0 Å². The van der Waals surface area contributed by atoms with Crippen LogP contribution in [0.2, 0.25) is 0 Å². The van der Waals surface area contributed by atoms with E-state index in [9.17, 15) is 9.59 Å². The number of carbonyl (C=O) groups is 1. The molecule has 27 heavy (non-hydrogen) atoms. The fourth-order valence-electron chi connectivity index (χ4n) is 3.45. The second-order valence-electron chi connectivity index (χ2n) is 6.81. The molecule has 0 unspecified atom stereocenters. The van der Waals surface area contributed by atoms with Crippen LogP contribution in [0, 0.1) is 5.92 Å². The van der Waals surface area contributed by atoms with Crippen molar-refractivity contribution >= 4 is 28.7 Å². The third-order valence-corrected chi connectivity index (χ3v) is 5.82. The van der Waals surface area contributed by atoms with Gasteiger partial charge in [-0.05, 0) is 30.7 Å². The Balaban J connectivity index is 1.28. The molecule has 7 nitrogen and oxygen atoms in total. The van der Waals surface area contributed by atoms with Gasteiger partial charge in [-0.1, -0.05) is 42.1 Å². The lowest BCUT2D eigenvalue weighted by atomic mass is 9.90. The number of hydrogen-bond acceptors (Lipinski definition) is 5. The number of piperidine rings is 1. The fourth-order valence-corrected chi connectivity index (χ4v) is 4.21. The summed E-state index contributed by atoms with van der Waals surface area (Å²) in [5, 5.41) is 7.36. The topological polar surface area (TPSA) is 94.7 Å². The standard InChI is InChI=1S/C19H21N5O2S/c25-16(12-27-19-21-17-15(11-20-23-17)18(26)22-19)24-8-6-14(7-9-24)10-13-4-2-1-3-5-13/h1-5,11,14H,6-10,12H2,(H2,20,21,22,23,26). The highest BCUT2D eigenvalue weighted by Gasteiger charge is 2.23. The Morgan fingerprint density at radius 1 is 1.22 bits per heavy atom. The highest BCUT2D eigenvalue weighted by molar-refractivity contribution is 7.99. The highest BCUT2D eigenvalue weighted by atomic mass is 32.2. The van der Waals surface area contributed by atoms with Crippen LogP contribution in [0.1, 0.15) is 18.4 Å². The van der Waals surface area contributed by atoms with Crippen molar-refractivity contribution in [1.82, 2.24) is 25.1 Å². The minimum Gasteiger partial charge on any atom is -0.342 e. The normalized spacial score (nSPS) is 15.3. The second-order valence-corrected chi connectivity index (χ2v) is 7.77. The smallest absolute Gasteiger partial charge is 0.262 e. The van der Waals surface area contributed by atoms with E-state index in [0.717, 1.165) is 32.4 Å². The van der Waals surface area contributed by atoms with Crippen molar-refractivity contribution in [1.29, 1.82) is 0 Å². The number of nitrogens with one attached hydrogen (secondary N) is 2. The Kier molecular flexibility index (Phi) is 5.24. The van der Waals surface area contributed by atoms with E-state index in [1.165, 1.54) is 23.5 Å². The molecule has 0 saturated carbocycles. The molecule has 1 saturated heterocycles. The Morgan fingerprint density at radius 2 is 2.00 bits per heavy atom. The van der Waals surface area contributed by atoms with Crippen LogP contribution < -0.4 is 5.56 Å². The van der Waals surface area contributed by atoms with Crippen molar-refractivity contribution in [3.05, 3.63) is 52.4 Å². The van der Waals surface area contributed by atoms with Crippen molar-refractivity contribution in [3.8, 4) is 0 Å². The highest BCUT2D eigenvalue weighted by Crippen LogP contribution is 2.23. The van der Waals surface area contributed by atoms with Crippen LogP contribution in [-0.4, -0.2) is 49.8 Å². The maximum atomic E-state index is 12.5. The van der Waals surface area contributed by atoms with E-state index in [1.807, 2.05) is 11.0 Å². The third-order valence-electron chi connectivity index (χ3n) is 4.96. The maximum Gasteiger partial charge on any atom is 0.262 e. The first-order valence-electron chi connectivity index (χ1n) is 9.07. The number of hydrogen-bond donors (Lipinski definition) is 2. The van der Waals surface area contributed by atoms with Crippen molar-refractivity contribution in [2.75, 3.05) is 18.8 Å². The molecular weight excluding hydrogens is 362 g/mol. The van der Waals surface area contributed by atoms with E-state index in [0.29, 0.717) is 22.1 Å². The summed E-state index contributed by atoms with van der Waals surface area (Å²) in [6.07, 6.45) is 4.58. The number of carbonyl (C=O) groups excluding carboxylic acids is 1. The molecule has 8 heteroatoms. The van der Waals surface area contributed by atoms with Crippen molar-refractivity contribution < 1.29 is 4.79 Å². The summed E-state index contributed by atoms with van der Waals surface area (Å²) in [5.41, 5.74) is 1.56.